The first-order valence-electron chi connectivity index (χ1n) is 11.8. The molecule has 0 spiro atoms. The normalized spacial score (nSPS) is 23.2. The smallest absolute Gasteiger partial charge is 0.330 e. The first kappa shape index (κ1) is 30.9. The van der Waals surface area contributed by atoms with E-state index in [1.165, 1.54) is 0 Å². The van der Waals surface area contributed by atoms with Crippen LogP contribution in [0.3, 0.4) is 0 Å². The molecule has 0 aromatic heterocycles. The molecular formula is C18H42O10SSi4. The van der Waals surface area contributed by atoms with Crippen LogP contribution in [0.25, 0.3) is 0 Å². The van der Waals surface area contributed by atoms with Crippen molar-refractivity contribution >= 4 is 60.7 Å². The Balaban J connectivity index is 0. The highest BCUT2D eigenvalue weighted by Gasteiger charge is 2.25. The minimum absolute atomic E-state index is 0.00463. The molecule has 1 saturated heterocycles. The number of methoxy groups -OCH3 is 1. The molecule has 0 unspecified atom stereocenters. The van der Waals surface area contributed by atoms with E-state index in [4.69, 9.17) is 42.9 Å². The van der Waals surface area contributed by atoms with Gasteiger partial charge < -0.3 is 40.1 Å². The van der Waals surface area contributed by atoms with Crippen LogP contribution in [0.2, 0.25) is 26.2 Å². The number of thiocarbonyl (C=S) groups is 1. The summed E-state index contributed by atoms with van der Waals surface area (Å²) in [5.41, 5.74) is 0. The van der Waals surface area contributed by atoms with Crippen molar-refractivity contribution in [1.29, 1.82) is 0 Å². The average molecular weight is 567 g/mol. The van der Waals surface area contributed by atoms with E-state index >= 15 is 0 Å². The van der Waals surface area contributed by atoms with E-state index in [9.17, 15) is 4.79 Å². The molecule has 0 aliphatic carbocycles. The molecule has 1 aliphatic rings. The molecule has 0 aromatic carbocycles. The minimum Gasteiger partial charge on any atom is -0.460 e. The molecule has 0 N–H and O–H groups in total. The van der Waals surface area contributed by atoms with Crippen LogP contribution >= 0.6 is 12.2 Å². The lowest BCUT2D eigenvalue weighted by atomic mass is 10.6. The molecule has 0 radical (unpaired) electrons. The minimum atomic E-state index is -1.42. The van der Waals surface area contributed by atoms with Crippen LogP contribution in [-0.4, -0.2) is 108 Å². The summed E-state index contributed by atoms with van der Waals surface area (Å²) >= 11 is 4.18. The summed E-state index contributed by atoms with van der Waals surface area (Å²) in [6.45, 7) is 15.2. The van der Waals surface area contributed by atoms with Crippen molar-refractivity contribution < 1.29 is 47.7 Å². The number of carbonyl (C=O) groups is 1. The molecule has 0 bridgehead atoms. The van der Waals surface area contributed by atoms with E-state index in [2.05, 4.69) is 18.8 Å². The third-order valence-electron chi connectivity index (χ3n) is 3.35. The lowest BCUT2D eigenvalue weighted by molar-refractivity contribution is -0.139. The second kappa shape index (κ2) is 26.5. The fourth-order valence-corrected chi connectivity index (χ4v) is 14.1. The molecule has 0 aromatic rings. The van der Waals surface area contributed by atoms with Gasteiger partial charge in [0.15, 0.2) is 0 Å². The van der Waals surface area contributed by atoms with Gasteiger partial charge in [-0.3, -0.25) is 0 Å². The van der Waals surface area contributed by atoms with Crippen molar-refractivity contribution in [2.75, 3.05) is 60.0 Å². The summed E-state index contributed by atoms with van der Waals surface area (Å²) in [6, 6.07) is 0. The molecule has 0 saturated carbocycles. The zero-order valence-corrected chi connectivity index (χ0v) is 25.9. The zero-order chi connectivity index (χ0) is 26.9. The molecule has 196 valence electrons. The van der Waals surface area contributed by atoms with Crippen molar-refractivity contribution in [3.05, 3.63) is 12.7 Å². The molecule has 33 heavy (non-hydrogen) atoms. The van der Waals surface area contributed by atoms with Crippen molar-refractivity contribution in [1.82, 2.24) is 0 Å². The van der Waals surface area contributed by atoms with Gasteiger partial charge in [0.1, 0.15) is 6.61 Å². The highest BCUT2D eigenvalue weighted by molar-refractivity contribution is 7.78. The Morgan fingerprint density at radius 2 is 1.18 bits per heavy atom. The topological polar surface area (TPSA) is 100 Å². The lowest BCUT2D eigenvalue weighted by Crippen LogP contribution is -2.44. The Hall–Kier alpha value is -0.152. The predicted molar refractivity (Wildman–Crippen MR) is 141 cm³/mol. The van der Waals surface area contributed by atoms with Gasteiger partial charge in [-0.15, -0.1) is 0 Å². The van der Waals surface area contributed by atoms with Gasteiger partial charge in [-0.05, 0) is 38.4 Å². The van der Waals surface area contributed by atoms with Crippen molar-refractivity contribution in [2.45, 2.75) is 33.1 Å². The number of esters is 1. The predicted octanol–water partition coefficient (Wildman–Crippen LogP) is 0.885. The average Bonchev–Trinajstić information content (AvgIpc) is 2.79. The largest absolute Gasteiger partial charge is 0.460 e. The Labute approximate surface area is 214 Å². The van der Waals surface area contributed by atoms with E-state index in [0.29, 0.717) is 46.2 Å². The number of carbonyl (C=O) groups excluding carboxylic acids is 1. The highest BCUT2D eigenvalue weighted by Crippen LogP contribution is 2.06. The van der Waals surface area contributed by atoms with Gasteiger partial charge in [0, 0.05) is 14.6 Å². The van der Waals surface area contributed by atoms with E-state index < -0.39 is 43.1 Å². The molecule has 1 fully saturated rings. The van der Waals surface area contributed by atoms with E-state index in [1.807, 2.05) is 26.2 Å². The van der Waals surface area contributed by atoms with Crippen molar-refractivity contribution in [3.8, 4) is 0 Å². The van der Waals surface area contributed by atoms with Crippen molar-refractivity contribution in [3.63, 3.8) is 0 Å². The lowest BCUT2D eigenvalue weighted by Gasteiger charge is -2.28. The van der Waals surface area contributed by atoms with Gasteiger partial charge in [-0.1, -0.05) is 18.8 Å². The Morgan fingerprint density at radius 1 is 0.848 bits per heavy atom. The summed E-state index contributed by atoms with van der Waals surface area (Å²) < 4.78 is 60.5. The van der Waals surface area contributed by atoms with E-state index in [1.54, 1.807) is 7.11 Å². The SMILES string of the molecule is C=CC(=O)OCCOCCOCCOCCOC.C[SiH]1O[SiH](C)O[SiH](C)O[SiH](C)O1.[3H]CC([3H])=S. The van der Waals surface area contributed by atoms with Crippen LogP contribution in [0.15, 0.2) is 12.7 Å². The molecule has 0 atom stereocenters. The van der Waals surface area contributed by atoms with Crippen LogP contribution in [0.4, 0.5) is 0 Å². The first-order valence-corrected chi connectivity index (χ1v) is 19.4. The maximum absolute atomic E-state index is 10.7. The Morgan fingerprint density at radius 3 is 1.48 bits per heavy atom. The van der Waals surface area contributed by atoms with Crippen LogP contribution in [-0.2, 0) is 44.9 Å². The third-order valence-corrected chi connectivity index (χ3v) is 15.6. The molecule has 1 rings (SSSR count). The fraction of sp³-hybridized carbons (Fsp3) is 0.778. The molecule has 0 amide bonds. The van der Waals surface area contributed by atoms with Crippen molar-refractivity contribution in [2.24, 2.45) is 0 Å². The third kappa shape index (κ3) is 28.0. The quantitative estimate of drug-likeness (QED) is 0.104. The van der Waals surface area contributed by atoms with Gasteiger partial charge >= 0.3 is 5.97 Å². The van der Waals surface area contributed by atoms with Crippen LogP contribution < -0.4 is 0 Å². The molecule has 1 heterocycles. The second-order valence-corrected chi connectivity index (χ2v) is 15.3. The van der Waals surface area contributed by atoms with Gasteiger partial charge in [0.2, 0.25) is 0 Å². The fourth-order valence-electron chi connectivity index (χ4n) is 2.15. The molecule has 10 nitrogen and oxygen atoms in total. The number of rotatable bonds is 13. The maximum atomic E-state index is 10.7. The summed E-state index contributed by atoms with van der Waals surface area (Å²) in [7, 11) is -4.04. The zero-order valence-electron chi connectivity index (χ0n) is 22.4. The second-order valence-electron chi connectivity index (χ2n) is 6.16. The van der Waals surface area contributed by atoms with Gasteiger partial charge in [-0.25, -0.2) is 4.79 Å². The van der Waals surface area contributed by atoms with Crippen LogP contribution in [0.1, 0.15) is 9.64 Å². The maximum Gasteiger partial charge on any atom is 0.330 e. The number of hydrogen-bond acceptors (Lipinski definition) is 11. The van der Waals surface area contributed by atoms with E-state index in [-0.39, 0.29) is 18.9 Å². The number of hydrogen-bond donors (Lipinski definition) is 0. The Kier molecular flexibility index (Phi) is 24.8. The monoisotopic (exact) mass is 566 g/mol. The van der Waals surface area contributed by atoms with Crippen LogP contribution in [0.5, 0.6) is 0 Å². The molecule has 15 heteroatoms. The van der Waals surface area contributed by atoms with Gasteiger partial charge in [0.05, 0.1) is 47.6 Å². The summed E-state index contributed by atoms with van der Waals surface area (Å²) in [5.74, 6) is -0.442. The van der Waals surface area contributed by atoms with Gasteiger partial charge in [-0.2, -0.15) is 0 Å². The highest BCUT2D eigenvalue weighted by atomic mass is 32.1. The first-order chi connectivity index (χ1) is 16.7. The standard InChI is InChI=1S/C12H22O6.C4H16O4Si4.C2H4S/c1-3-12(13)18-11-10-17-9-8-16-7-6-15-5-4-14-2;1-9-5-10(2)7-12(4)8-11(3)6-9;1-2-3/h3H,1,4-11H2,2H3;9-12H,1-4H3;2H,1H3/i;;1T,2T. The summed E-state index contributed by atoms with van der Waals surface area (Å²) in [4.78, 5) is 10.7. The number of ether oxygens (including phenoxy) is 5. The summed E-state index contributed by atoms with van der Waals surface area (Å²) in [6.07, 6.45) is 1.12. The van der Waals surface area contributed by atoms with E-state index in [0.717, 1.165) is 6.08 Å². The molecular weight excluding hydrogens is 521 g/mol. The summed E-state index contributed by atoms with van der Waals surface area (Å²) in [5, 5.41) is 0.00463. The molecule has 1 aliphatic heterocycles. The Bertz CT molecular complexity index is 506. The van der Waals surface area contributed by atoms with Crippen LogP contribution in [0, 0.1) is 0 Å². The van der Waals surface area contributed by atoms with Gasteiger partial charge in [0.25, 0.3) is 37.1 Å².